The van der Waals surface area contributed by atoms with Crippen LogP contribution in [0.15, 0.2) is 54.1 Å². The quantitative estimate of drug-likeness (QED) is 0.333. The van der Waals surface area contributed by atoms with Crippen LogP contribution < -0.4 is 5.32 Å². The summed E-state index contributed by atoms with van der Waals surface area (Å²) >= 11 is 0. The summed E-state index contributed by atoms with van der Waals surface area (Å²) in [6.07, 6.45) is 12.3. The molecule has 0 bridgehead atoms. The minimum absolute atomic E-state index is 0.782. The molecule has 3 nitrogen and oxygen atoms in total. The highest BCUT2D eigenvalue weighted by Crippen LogP contribution is 2.32. The van der Waals surface area contributed by atoms with E-state index in [1.54, 1.807) is 0 Å². The predicted octanol–water partition coefficient (Wildman–Crippen LogP) is 7.35. The fourth-order valence-corrected chi connectivity index (χ4v) is 3.66. The van der Waals surface area contributed by atoms with Crippen LogP contribution in [0.4, 0.5) is 0 Å². The van der Waals surface area contributed by atoms with Crippen molar-refractivity contribution in [2.75, 3.05) is 7.05 Å². The number of nitrogens with zero attached hydrogens (tertiary/aromatic N) is 2. The summed E-state index contributed by atoms with van der Waals surface area (Å²) in [5.74, 6) is 0.782. The first-order valence-corrected chi connectivity index (χ1v) is 11.1. The van der Waals surface area contributed by atoms with Gasteiger partial charge in [0.2, 0.25) is 0 Å². The fraction of sp³-hybridized carbons (Fsp3) is 0.407. The van der Waals surface area contributed by atoms with Crippen molar-refractivity contribution in [2.45, 2.75) is 66.7 Å². The Kier molecular flexibility index (Phi) is 9.53. The minimum atomic E-state index is 0.782. The highest BCUT2D eigenvalue weighted by Gasteiger charge is 2.18. The summed E-state index contributed by atoms with van der Waals surface area (Å²) in [7, 11) is 2.00. The van der Waals surface area contributed by atoms with Gasteiger partial charge in [-0.3, -0.25) is 0 Å². The smallest absolute Gasteiger partial charge is 0.155 e. The Morgan fingerprint density at radius 2 is 1.77 bits per heavy atom. The van der Waals surface area contributed by atoms with Crippen molar-refractivity contribution in [3.05, 3.63) is 71.2 Å². The summed E-state index contributed by atoms with van der Waals surface area (Å²) in [5.41, 5.74) is 7.80. The maximum absolute atomic E-state index is 5.03. The van der Waals surface area contributed by atoms with E-state index in [0.717, 1.165) is 46.0 Å². The van der Waals surface area contributed by atoms with Gasteiger partial charge in [0, 0.05) is 23.9 Å². The number of hydrogen-bond donors (Lipinski definition) is 1. The van der Waals surface area contributed by atoms with Gasteiger partial charge in [-0.1, -0.05) is 74.7 Å². The first-order chi connectivity index (χ1) is 14.5. The third-order valence-electron chi connectivity index (χ3n) is 5.36. The van der Waals surface area contributed by atoms with E-state index >= 15 is 0 Å². The second-order valence-corrected chi connectivity index (χ2v) is 7.81. The molecule has 0 saturated carbocycles. The number of allylic oxidation sites excluding steroid dienone is 5. The van der Waals surface area contributed by atoms with Crippen LogP contribution in [0.2, 0.25) is 0 Å². The van der Waals surface area contributed by atoms with Crippen molar-refractivity contribution in [3.63, 3.8) is 0 Å². The fourth-order valence-electron chi connectivity index (χ4n) is 3.66. The number of aromatic nitrogens is 2. The minimum Gasteiger partial charge on any atom is -0.388 e. The molecule has 30 heavy (non-hydrogen) atoms. The Morgan fingerprint density at radius 3 is 2.40 bits per heavy atom. The zero-order chi connectivity index (χ0) is 21.9. The molecule has 1 aromatic carbocycles. The normalized spacial score (nSPS) is 12.9. The molecule has 1 heterocycles. The average molecular weight is 404 g/mol. The summed E-state index contributed by atoms with van der Waals surface area (Å²) in [5, 5.41) is 3.47. The topological polar surface area (TPSA) is 37.8 Å². The van der Waals surface area contributed by atoms with E-state index in [4.69, 9.17) is 9.97 Å². The highest BCUT2D eigenvalue weighted by molar-refractivity contribution is 5.81. The molecular weight excluding hydrogens is 366 g/mol. The van der Waals surface area contributed by atoms with Crippen molar-refractivity contribution in [3.8, 4) is 11.3 Å². The van der Waals surface area contributed by atoms with Crippen LogP contribution in [-0.4, -0.2) is 17.0 Å². The Balaban J connectivity index is 2.62. The van der Waals surface area contributed by atoms with Gasteiger partial charge in [-0.15, -0.1) is 0 Å². The van der Waals surface area contributed by atoms with Crippen molar-refractivity contribution in [2.24, 2.45) is 0 Å². The predicted molar refractivity (Wildman–Crippen MR) is 131 cm³/mol. The Hall–Kier alpha value is -2.68. The molecule has 1 N–H and O–H groups in total. The maximum Gasteiger partial charge on any atom is 0.155 e. The second kappa shape index (κ2) is 12.1. The molecule has 160 valence electrons. The van der Waals surface area contributed by atoms with Gasteiger partial charge < -0.3 is 5.32 Å². The van der Waals surface area contributed by atoms with E-state index in [0.29, 0.717) is 0 Å². The molecule has 3 heteroatoms. The molecular formula is C27H37N3. The van der Waals surface area contributed by atoms with E-state index < -0.39 is 0 Å². The lowest BCUT2D eigenvalue weighted by Crippen LogP contribution is -2.13. The van der Waals surface area contributed by atoms with Gasteiger partial charge in [-0.05, 0) is 51.7 Å². The van der Waals surface area contributed by atoms with Crippen molar-refractivity contribution < 1.29 is 0 Å². The van der Waals surface area contributed by atoms with Crippen LogP contribution in [0.25, 0.3) is 22.5 Å². The summed E-state index contributed by atoms with van der Waals surface area (Å²) in [6, 6.07) is 10.4. The van der Waals surface area contributed by atoms with E-state index in [-0.39, 0.29) is 0 Å². The van der Waals surface area contributed by atoms with Gasteiger partial charge >= 0.3 is 0 Å². The standard InChI is InChI=1S/C27H37N3/c1-7-9-11-13-17-20(3)25(28-6)24-22(5)29-27(21(4)16-10-8-2)30-26(24)23-18-14-12-15-19-23/h8,10,12,14-16,18-19,28H,7,9,11,13,17H2,1-6H3/b10-8-,21-16+,25-20-. The van der Waals surface area contributed by atoms with Gasteiger partial charge in [-0.25, -0.2) is 9.97 Å². The molecule has 0 radical (unpaired) electrons. The van der Waals surface area contributed by atoms with E-state index in [2.05, 4.69) is 63.4 Å². The molecule has 0 aliphatic carbocycles. The molecule has 0 atom stereocenters. The summed E-state index contributed by atoms with van der Waals surface area (Å²) in [6.45, 7) is 10.7. The Morgan fingerprint density at radius 1 is 1.03 bits per heavy atom. The molecule has 0 spiro atoms. The SMILES string of the molecule is C/C=C\C=C(/C)c1nc(C)c(/C(NC)=C(\C)CCCCCC)c(-c2ccccc2)n1. The molecule has 0 amide bonds. The molecule has 2 aromatic rings. The van der Waals surface area contributed by atoms with E-state index in [1.165, 1.54) is 31.3 Å². The molecule has 0 aliphatic heterocycles. The number of nitrogens with one attached hydrogen (secondary N) is 1. The Labute approximate surface area is 183 Å². The lowest BCUT2D eigenvalue weighted by molar-refractivity contribution is 0.664. The third-order valence-corrected chi connectivity index (χ3v) is 5.36. The van der Waals surface area contributed by atoms with E-state index in [9.17, 15) is 0 Å². The van der Waals surface area contributed by atoms with Gasteiger partial charge in [0.1, 0.15) is 0 Å². The molecule has 2 rings (SSSR count). The van der Waals surface area contributed by atoms with Gasteiger partial charge in [-0.2, -0.15) is 0 Å². The molecule has 0 unspecified atom stereocenters. The number of hydrogen-bond acceptors (Lipinski definition) is 3. The van der Waals surface area contributed by atoms with Crippen molar-refractivity contribution in [1.82, 2.24) is 15.3 Å². The van der Waals surface area contributed by atoms with Crippen LogP contribution in [0.3, 0.4) is 0 Å². The number of rotatable bonds is 10. The first kappa shape index (κ1) is 23.6. The van der Waals surface area contributed by atoms with Crippen LogP contribution in [0, 0.1) is 6.92 Å². The van der Waals surface area contributed by atoms with Crippen molar-refractivity contribution >= 4 is 11.3 Å². The van der Waals surface area contributed by atoms with Gasteiger partial charge in [0.25, 0.3) is 0 Å². The zero-order valence-electron chi connectivity index (χ0n) is 19.5. The third kappa shape index (κ3) is 6.16. The van der Waals surface area contributed by atoms with Crippen LogP contribution in [0.1, 0.15) is 76.9 Å². The number of unbranched alkanes of at least 4 members (excludes halogenated alkanes) is 3. The lowest BCUT2D eigenvalue weighted by Gasteiger charge is -2.19. The maximum atomic E-state index is 5.03. The molecule has 1 aromatic heterocycles. The number of aryl methyl sites for hydroxylation is 1. The monoisotopic (exact) mass is 403 g/mol. The average Bonchev–Trinajstić information content (AvgIpc) is 2.76. The lowest BCUT2D eigenvalue weighted by atomic mass is 9.96. The van der Waals surface area contributed by atoms with Crippen molar-refractivity contribution in [1.29, 1.82) is 0 Å². The first-order valence-electron chi connectivity index (χ1n) is 11.1. The molecule has 0 aliphatic rings. The second-order valence-electron chi connectivity index (χ2n) is 7.81. The van der Waals surface area contributed by atoms with Crippen LogP contribution >= 0.6 is 0 Å². The van der Waals surface area contributed by atoms with E-state index in [1.807, 2.05) is 32.2 Å². The molecule has 0 fully saturated rings. The van der Waals surface area contributed by atoms with Gasteiger partial charge in [0.05, 0.1) is 11.4 Å². The molecule has 0 saturated heterocycles. The number of benzene rings is 1. The van der Waals surface area contributed by atoms with Crippen LogP contribution in [-0.2, 0) is 0 Å². The summed E-state index contributed by atoms with van der Waals surface area (Å²) < 4.78 is 0. The zero-order valence-corrected chi connectivity index (χ0v) is 19.5. The van der Waals surface area contributed by atoms with Gasteiger partial charge in [0.15, 0.2) is 5.82 Å². The van der Waals surface area contributed by atoms with Crippen LogP contribution in [0.5, 0.6) is 0 Å². The highest BCUT2D eigenvalue weighted by atomic mass is 14.9. The largest absolute Gasteiger partial charge is 0.388 e. The summed E-state index contributed by atoms with van der Waals surface area (Å²) in [4.78, 5) is 9.92. The Bertz CT molecular complexity index is 905.